The highest BCUT2D eigenvalue weighted by atomic mass is 28.4. The van der Waals surface area contributed by atoms with E-state index >= 15 is 0 Å². The molecule has 0 aromatic heterocycles. The fourth-order valence-electron chi connectivity index (χ4n) is 5.55. The van der Waals surface area contributed by atoms with Crippen LogP contribution in [0.1, 0.15) is 87.0 Å². The molecule has 1 aliphatic carbocycles. The Morgan fingerprint density at radius 3 is 2.31 bits per heavy atom. The standard InChI is InChI=1S/C35H58O5Si2/c1-10-42(11-2,12-3)40-33-27-25-29(31(33)22-18-13-14-19-23-34(36)37)24-26-32(39-41(8,9)35(5,6)7)28(4)38-30-20-16-15-17-21-30/h13,15-17,19-21,25,28,31-33H,10-12,18,22-24,26-27H2,1-9H3,(H,36,37)/t14?,28?,31-,32+,33+/m1/s1. The Hall–Kier alpha value is -1.90. The van der Waals surface area contributed by atoms with Crippen LogP contribution in [0.4, 0.5) is 0 Å². The summed E-state index contributed by atoms with van der Waals surface area (Å²) >= 11 is 0. The van der Waals surface area contributed by atoms with Crippen LogP contribution in [0.5, 0.6) is 5.75 Å². The minimum atomic E-state index is -2.02. The van der Waals surface area contributed by atoms with Crippen LogP contribution in [-0.4, -0.2) is 46.0 Å². The van der Waals surface area contributed by atoms with Crippen LogP contribution in [-0.2, 0) is 13.6 Å². The molecule has 0 radical (unpaired) electrons. The number of hydrogen-bond donors (Lipinski definition) is 1. The molecule has 4 atom stereocenters. The third-order valence-electron chi connectivity index (χ3n) is 9.56. The van der Waals surface area contributed by atoms with Gasteiger partial charge in [0.15, 0.2) is 16.6 Å². The summed E-state index contributed by atoms with van der Waals surface area (Å²) in [7, 11) is -3.78. The van der Waals surface area contributed by atoms with Crippen LogP contribution in [0.2, 0.25) is 36.3 Å². The highest BCUT2D eigenvalue weighted by Gasteiger charge is 2.42. The van der Waals surface area contributed by atoms with Crippen molar-refractivity contribution in [3.63, 3.8) is 0 Å². The molecule has 1 aromatic rings. The van der Waals surface area contributed by atoms with Crippen molar-refractivity contribution in [2.45, 2.75) is 142 Å². The molecule has 0 amide bonds. The zero-order valence-corrected chi connectivity index (χ0v) is 29.9. The van der Waals surface area contributed by atoms with E-state index in [-0.39, 0.29) is 29.8 Å². The van der Waals surface area contributed by atoms with Gasteiger partial charge >= 0.3 is 5.97 Å². The summed E-state index contributed by atoms with van der Waals surface area (Å²) in [6.07, 6.45) is 10.8. The number of carbonyl (C=O) groups is 1. The Bertz CT molecular complexity index is 1040. The highest BCUT2D eigenvalue weighted by molar-refractivity contribution is 6.74. The summed E-state index contributed by atoms with van der Waals surface area (Å²) in [6, 6.07) is 13.5. The molecular weight excluding hydrogens is 557 g/mol. The normalized spacial score (nSPS) is 19.0. The predicted octanol–water partition coefficient (Wildman–Crippen LogP) is 9.93. The van der Waals surface area contributed by atoms with E-state index in [2.05, 4.69) is 73.4 Å². The van der Waals surface area contributed by atoms with E-state index in [1.165, 1.54) is 5.57 Å². The predicted molar refractivity (Wildman–Crippen MR) is 180 cm³/mol. The monoisotopic (exact) mass is 614 g/mol. The number of carboxylic acids is 1. The molecule has 0 spiro atoms. The second kappa shape index (κ2) is 16.8. The van der Waals surface area contributed by atoms with Crippen LogP contribution < -0.4 is 4.74 Å². The summed E-state index contributed by atoms with van der Waals surface area (Å²) in [4.78, 5) is 10.8. The average Bonchev–Trinajstić information content (AvgIpc) is 3.31. The lowest BCUT2D eigenvalue weighted by Gasteiger charge is -2.41. The van der Waals surface area contributed by atoms with Gasteiger partial charge in [0.1, 0.15) is 11.9 Å². The van der Waals surface area contributed by atoms with Crippen LogP contribution in [0.3, 0.4) is 0 Å². The van der Waals surface area contributed by atoms with Gasteiger partial charge in [0.25, 0.3) is 0 Å². The molecule has 0 heterocycles. The average molecular weight is 615 g/mol. The van der Waals surface area contributed by atoms with Crippen molar-refractivity contribution in [2.75, 3.05) is 0 Å². The van der Waals surface area contributed by atoms with E-state index in [9.17, 15) is 4.79 Å². The van der Waals surface area contributed by atoms with Gasteiger partial charge in [-0.1, -0.05) is 71.4 Å². The van der Waals surface area contributed by atoms with Crippen molar-refractivity contribution in [1.29, 1.82) is 0 Å². The molecule has 1 unspecified atom stereocenters. The van der Waals surface area contributed by atoms with E-state index in [0.717, 1.165) is 56.0 Å². The summed E-state index contributed by atoms with van der Waals surface area (Å²) in [5.41, 5.74) is 4.54. The lowest BCUT2D eigenvalue weighted by atomic mass is 9.90. The van der Waals surface area contributed by atoms with E-state index < -0.39 is 22.6 Å². The number of rotatable bonds is 18. The van der Waals surface area contributed by atoms with Crippen LogP contribution in [0.15, 0.2) is 59.9 Å². The highest BCUT2D eigenvalue weighted by Crippen LogP contribution is 2.41. The van der Waals surface area contributed by atoms with E-state index in [0.29, 0.717) is 5.92 Å². The lowest BCUT2D eigenvalue weighted by Crippen LogP contribution is -2.47. The Morgan fingerprint density at radius 1 is 1.10 bits per heavy atom. The van der Waals surface area contributed by atoms with Gasteiger partial charge < -0.3 is 18.7 Å². The number of benzene rings is 1. The molecule has 0 fully saturated rings. The number of aliphatic carboxylic acids is 1. The third kappa shape index (κ3) is 11.0. The zero-order chi connectivity index (χ0) is 31.4. The van der Waals surface area contributed by atoms with Crippen molar-refractivity contribution in [3.8, 4) is 5.75 Å². The molecule has 0 bridgehead atoms. The second-order valence-corrected chi connectivity index (χ2v) is 22.8. The Kier molecular flexibility index (Phi) is 14.5. The molecule has 0 aliphatic heterocycles. The van der Waals surface area contributed by atoms with Crippen molar-refractivity contribution in [3.05, 3.63) is 59.9 Å². The largest absolute Gasteiger partial charge is 0.488 e. The number of ether oxygens (including phenoxy) is 1. The van der Waals surface area contributed by atoms with Gasteiger partial charge in [-0.2, -0.15) is 0 Å². The summed E-state index contributed by atoms with van der Waals surface area (Å²) in [6.45, 7) is 20.6. The molecule has 7 heteroatoms. The fourth-order valence-corrected chi connectivity index (χ4v) is 9.87. The maximum atomic E-state index is 10.8. The van der Waals surface area contributed by atoms with E-state index in [4.69, 9.17) is 18.7 Å². The first-order chi connectivity index (χ1) is 19.8. The van der Waals surface area contributed by atoms with Crippen molar-refractivity contribution >= 4 is 22.6 Å². The minimum Gasteiger partial charge on any atom is -0.488 e. The second-order valence-electron chi connectivity index (χ2n) is 13.4. The molecule has 5 nitrogen and oxygen atoms in total. The Labute approximate surface area is 258 Å². The minimum absolute atomic E-state index is 0.00723. The fraction of sp³-hybridized carbons (Fsp3) is 0.657. The molecule has 2 rings (SSSR count). The third-order valence-corrected chi connectivity index (χ3v) is 18.7. The molecule has 1 aliphatic rings. The smallest absolute Gasteiger partial charge is 0.307 e. The SMILES string of the molecule is CC[Si](CC)(CC)O[C@H]1CC=C(CC[C@H](O[Si](C)(C)C(C)(C)C)C(C)Oc2ccccc2)[C@H]1CCC=C=CCC(=O)O. The Balaban J connectivity index is 2.24. The topological polar surface area (TPSA) is 65.0 Å². The van der Waals surface area contributed by atoms with Crippen LogP contribution in [0, 0.1) is 5.92 Å². The summed E-state index contributed by atoms with van der Waals surface area (Å²) < 4.78 is 20.5. The van der Waals surface area contributed by atoms with Gasteiger partial charge in [0.05, 0.1) is 18.6 Å². The van der Waals surface area contributed by atoms with Crippen LogP contribution >= 0.6 is 0 Å². The summed E-state index contributed by atoms with van der Waals surface area (Å²) in [5.74, 6) is 0.409. The molecule has 1 aromatic carbocycles. The van der Waals surface area contributed by atoms with Crippen molar-refractivity contribution in [1.82, 2.24) is 0 Å². The van der Waals surface area contributed by atoms with Crippen molar-refractivity contribution < 1.29 is 23.5 Å². The first kappa shape index (κ1) is 36.3. The summed E-state index contributed by atoms with van der Waals surface area (Å²) in [5, 5.41) is 9.02. The van der Waals surface area contributed by atoms with Gasteiger partial charge in [0, 0.05) is 5.92 Å². The number of carboxylic acid groups (broad SMARTS) is 1. The van der Waals surface area contributed by atoms with Gasteiger partial charge in [-0.3, -0.25) is 4.79 Å². The molecular formula is C35H58O5Si2. The molecule has 0 saturated heterocycles. The van der Waals surface area contributed by atoms with E-state index in [1.54, 1.807) is 6.08 Å². The molecule has 1 N–H and O–H groups in total. The van der Waals surface area contributed by atoms with Gasteiger partial charge in [0.2, 0.25) is 0 Å². The molecule has 42 heavy (non-hydrogen) atoms. The first-order valence-electron chi connectivity index (χ1n) is 16.1. The lowest BCUT2D eigenvalue weighted by molar-refractivity contribution is -0.136. The Morgan fingerprint density at radius 2 is 1.74 bits per heavy atom. The number of hydrogen-bond acceptors (Lipinski definition) is 4. The number of para-hydroxylation sites is 1. The zero-order valence-electron chi connectivity index (χ0n) is 27.9. The van der Waals surface area contributed by atoms with E-state index in [1.807, 2.05) is 36.4 Å². The van der Waals surface area contributed by atoms with Gasteiger partial charge in [-0.05, 0) is 99.6 Å². The maximum Gasteiger partial charge on any atom is 0.307 e. The quantitative estimate of drug-likeness (QED) is 0.101. The molecule has 236 valence electrons. The van der Waals surface area contributed by atoms with Gasteiger partial charge in [-0.15, -0.1) is 5.73 Å². The van der Waals surface area contributed by atoms with Crippen LogP contribution in [0.25, 0.3) is 0 Å². The van der Waals surface area contributed by atoms with Crippen molar-refractivity contribution in [2.24, 2.45) is 5.92 Å². The first-order valence-corrected chi connectivity index (χ1v) is 21.6. The van der Waals surface area contributed by atoms with Gasteiger partial charge in [-0.25, -0.2) is 0 Å². The maximum absolute atomic E-state index is 10.8. The molecule has 0 saturated carbocycles.